The lowest BCUT2D eigenvalue weighted by molar-refractivity contribution is -0.191. The molecular formula is C29H67N2O4P31S2. The van der Waals surface area contributed by atoms with Gasteiger partial charge in [0.2, 0.25) is 0 Å². The van der Waals surface area contributed by atoms with E-state index in [1.54, 1.807) is 0 Å². The molecule has 2 amide bonds. The van der Waals surface area contributed by atoms with Gasteiger partial charge in [-0.1, -0.05) is 44.4 Å². The van der Waals surface area contributed by atoms with Crippen LogP contribution in [0.25, 0.3) is 0 Å². The van der Waals surface area contributed by atoms with E-state index in [-0.39, 0.29) is 109 Å². The molecule has 6 aliphatic rings. The van der Waals surface area contributed by atoms with Crippen LogP contribution in [0, 0.1) is 0 Å². The molecule has 384 valence electrons. The summed E-state index contributed by atoms with van der Waals surface area (Å²) < 4.78 is 11.9. The number of hydrogen-bond donors (Lipinski definition) is 0. The minimum atomic E-state index is -0.446. The molecule has 0 radical (unpaired) electrons. The van der Waals surface area contributed by atoms with Gasteiger partial charge in [-0.3, -0.25) is 9.59 Å². The zero-order valence-electron chi connectivity index (χ0n) is 37.0. The van der Waals surface area contributed by atoms with E-state index in [2.05, 4.69) is 192 Å². The Bertz CT molecular complexity index is 1900. The summed E-state index contributed by atoms with van der Waals surface area (Å²) in [4.78, 5) is 28.8. The topological polar surface area (TPSA) is 59.1 Å². The van der Waals surface area contributed by atoms with E-state index < -0.39 is 5.79 Å². The van der Waals surface area contributed by atoms with E-state index in [9.17, 15) is 9.59 Å². The lowest BCUT2D eigenvalue weighted by atomic mass is 9.93. The smallest absolute Gasteiger partial charge is 0.254 e. The van der Waals surface area contributed by atoms with Gasteiger partial charge in [-0.05, 0) is 145 Å². The highest BCUT2D eigenvalue weighted by molar-refractivity contribution is 9.32. The molecule has 4 saturated heterocycles. The molecule has 6 nitrogen and oxygen atoms in total. The van der Waals surface area contributed by atoms with Crippen LogP contribution in [-0.2, 0) is 9.47 Å². The highest BCUT2D eigenvalue weighted by atomic mass is 33.4. The lowest BCUT2D eigenvalue weighted by Crippen LogP contribution is -2.46. The fourth-order valence-corrected chi connectivity index (χ4v) is 348. The maximum absolute atomic E-state index is 12.4. The largest absolute Gasteiger partial charge is 0.347 e. The van der Waals surface area contributed by atoms with E-state index in [1.807, 2.05) is 41.3 Å². The fraction of sp³-hybridized carbons (Fsp3) is 0.517. The minimum Gasteiger partial charge on any atom is -0.347 e. The summed E-state index contributed by atoms with van der Waals surface area (Å²) in [6.07, 6.45) is 5.16. The predicted octanol–water partition coefficient (Wildman–Crippen LogP) is 22.6. The first-order valence-corrected chi connectivity index (χ1v) is 77.0. The van der Waals surface area contributed by atoms with Gasteiger partial charge in [-0.25, -0.2) is 0 Å². The average molecular weight is 1530 g/mol. The van der Waals surface area contributed by atoms with Crippen molar-refractivity contribution in [1.29, 1.82) is 0 Å². The molecule has 0 aliphatic carbocycles. The van der Waals surface area contributed by atoms with Crippen molar-refractivity contribution >= 4 is 286 Å². The van der Waals surface area contributed by atoms with Crippen molar-refractivity contribution in [2.24, 2.45) is 0 Å². The van der Waals surface area contributed by atoms with Gasteiger partial charge in [0, 0.05) is 37.1 Å². The van der Waals surface area contributed by atoms with Gasteiger partial charge < -0.3 is 19.3 Å². The SMILES string of the molecule is O=C1c2ccccc2C2CC3(CCN12)OCCO3.O=C1c2ccccc2C2CC3(CCN12)SCCCS3.PP(P)P(P(P)P)P(P(P)P)P(P)P.PPP(P(P)P)P(P(P)P)P(P(P)P)P(P)P. The first-order valence-electron chi connectivity index (χ1n) is 20.3. The van der Waals surface area contributed by atoms with Crippen molar-refractivity contribution in [1.82, 2.24) is 9.80 Å². The zero-order valence-corrected chi connectivity index (χ0v) is 70.9. The van der Waals surface area contributed by atoms with Gasteiger partial charge in [0.15, 0.2) is 5.79 Å². The van der Waals surface area contributed by atoms with Gasteiger partial charge in [0.25, 0.3) is 11.8 Å². The van der Waals surface area contributed by atoms with Gasteiger partial charge in [-0.15, -0.1) is 175 Å². The molecule has 4 fully saturated rings. The van der Waals surface area contributed by atoms with E-state index in [4.69, 9.17) is 9.47 Å². The maximum atomic E-state index is 12.4. The molecule has 2 aromatic rings. The molecule has 39 heteroatoms. The van der Waals surface area contributed by atoms with E-state index in [0.29, 0.717) is 23.3 Å². The lowest BCUT2D eigenvalue weighted by Gasteiger charge is -2.45. The van der Waals surface area contributed by atoms with Crippen molar-refractivity contribution in [3.63, 3.8) is 0 Å². The number of benzene rings is 2. The first kappa shape index (κ1) is 70.1. The number of carbonyl (C=O) groups is 2. The zero-order chi connectivity index (χ0) is 50.2. The molecule has 6 aliphatic heterocycles. The number of piperidine rings is 2. The number of hydrogen-bond acceptors (Lipinski definition) is 6. The summed E-state index contributed by atoms with van der Waals surface area (Å²) in [6, 6.07) is 16.5. The second-order valence-electron chi connectivity index (χ2n) is 15.2. The molecule has 2 spiro atoms. The van der Waals surface area contributed by atoms with Crippen LogP contribution in [0.5, 0.6) is 0 Å². The van der Waals surface area contributed by atoms with Crippen molar-refractivity contribution in [2.75, 3.05) is 37.8 Å². The highest BCUT2D eigenvalue weighted by Crippen LogP contribution is 3.26. The van der Waals surface area contributed by atoms with Crippen LogP contribution in [-0.4, -0.2) is 69.3 Å². The van der Waals surface area contributed by atoms with Gasteiger partial charge in [0.05, 0.1) is 29.4 Å². The van der Waals surface area contributed by atoms with Gasteiger partial charge in [-0.2, -0.15) is 0 Å². The molecule has 0 N–H and O–H groups in total. The normalized spacial score (nSPS) is 22.5. The molecule has 68 heavy (non-hydrogen) atoms. The van der Waals surface area contributed by atoms with Crippen LogP contribution in [0.1, 0.15) is 76.0 Å². The number of rotatable bonds is 12. The van der Waals surface area contributed by atoms with Crippen LogP contribution >= 0.6 is 274 Å². The van der Waals surface area contributed by atoms with Crippen LogP contribution < -0.4 is 0 Å². The summed E-state index contributed by atoms with van der Waals surface area (Å²) in [5, 5.41) is 0. The number of fused-ring (bicyclic) bond motifs is 6. The Morgan fingerprint density at radius 1 is 0.529 bits per heavy atom. The summed E-state index contributed by atoms with van der Waals surface area (Å²) in [5.41, 5.74) is 4.17. The molecule has 22 unspecified atom stereocenters. The molecule has 0 saturated carbocycles. The van der Waals surface area contributed by atoms with Crippen LogP contribution in [0.2, 0.25) is 0 Å². The summed E-state index contributed by atoms with van der Waals surface area (Å²) in [6.45, 7) is 4.64. The molecular weight excluding hydrogens is 1460 g/mol. The summed E-state index contributed by atoms with van der Waals surface area (Å²) in [5.74, 6) is 2.54. The quantitative estimate of drug-likeness (QED) is 0.197. The molecule has 2 aromatic carbocycles. The van der Waals surface area contributed by atoms with E-state index >= 15 is 0 Å². The number of thioether (sulfide) groups is 2. The molecule has 8 rings (SSSR count). The molecule has 6 heterocycles. The van der Waals surface area contributed by atoms with Crippen molar-refractivity contribution in [3.8, 4) is 0 Å². The number of ether oxygens (including phenoxy) is 2. The predicted molar refractivity (Wildman–Crippen MR) is 409 cm³/mol. The molecule has 0 aromatic heterocycles. The van der Waals surface area contributed by atoms with E-state index in [0.717, 1.165) is 63.4 Å². The van der Waals surface area contributed by atoms with E-state index in [1.165, 1.54) is 23.5 Å². The number of amides is 2. The number of carbonyl (C=O) groups excluding carboxylic acids is 2. The van der Waals surface area contributed by atoms with Crippen LogP contribution in [0.15, 0.2) is 48.5 Å². The third kappa shape index (κ3) is 19.4. The van der Waals surface area contributed by atoms with Gasteiger partial charge >= 0.3 is 0 Å². The first-order chi connectivity index (χ1) is 32.1. The number of nitrogens with zero attached hydrogens (tertiary/aromatic N) is 2. The van der Waals surface area contributed by atoms with Crippen LogP contribution in [0.3, 0.4) is 0 Å². The molecule has 0 bridgehead atoms. The Morgan fingerprint density at radius 3 is 1.31 bits per heavy atom. The third-order valence-corrected chi connectivity index (χ3v) is 196. The Morgan fingerprint density at radius 2 is 0.912 bits per heavy atom. The highest BCUT2D eigenvalue weighted by Gasteiger charge is 2.50. The monoisotopic (exact) mass is 1530 g/mol. The standard InChI is InChI=1S/C15H17NOS2.C14H15NO3.H19P17.H16P14/c17-14-12-5-2-1-4-11(12)13-10-15(6-7-16(13)14)18-8-3-9-19-15;16-13-11-4-2-1-3-10(11)12-9-14(5-6-15(12)13)17-7-8-18-14;1-10-15(11(2)3)17(14(8)9)16(12(4)5)13(6)7;1-9(2)13(10(3)4)14(11(5)6)12(7)8/h1-2,4-5,13H,3,6-10H2;1-4,12H,5-9H2;10H,1-9H2;1-8H2. The van der Waals surface area contributed by atoms with Crippen molar-refractivity contribution in [2.45, 2.75) is 54.1 Å². The van der Waals surface area contributed by atoms with Gasteiger partial charge in [0.1, 0.15) is 0 Å². The Balaban J connectivity index is 0.000000171. The second kappa shape index (κ2) is 34.6. The molecule has 22 atom stereocenters. The maximum Gasteiger partial charge on any atom is 0.254 e. The van der Waals surface area contributed by atoms with Crippen LogP contribution in [0.4, 0.5) is 0 Å². The summed E-state index contributed by atoms with van der Waals surface area (Å²) in [7, 11) is 53.4. The fourth-order valence-electron chi connectivity index (χ4n) is 8.25. The Hall–Kier alpha value is 11.3. The Labute approximate surface area is 472 Å². The third-order valence-electron chi connectivity index (χ3n) is 11.0. The average Bonchev–Trinajstić information content (AvgIpc) is 3.94. The summed E-state index contributed by atoms with van der Waals surface area (Å²) >= 11 is 4.27. The second-order valence-corrected chi connectivity index (χ2v) is 136. The van der Waals surface area contributed by atoms with Crippen molar-refractivity contribution in [3.05, 3.63) is 70.8 Å². The Kier molecular flexibility index (Phi) is 35.7. The van der Waals surface area contributed by atoms with Crippen molar-refractivity contribution < 1.29 is 19.1 Å². The minimum absolute atomic E-state index is 0.0688.